The molecule has 0 unspecified atom stereocenters. The van der Waals surface area contributed by atoms with Crippen LogP contribution in [0.25, 0.3) is 0 Å². The van der Waals surface area contributed by atoms with Crippen molar-refractivity contribution in [2.24, 2.45) is 10.9 Å². The Kier molecular flexibility index (Phi) is 8.97. The highest BCUT2D eigenvalue weighted by molar-refractivity contribution is 6.09. The highest BCUT2D eigenvalue weighted by atomic mass is 16.5. The Balaban J connectivity index is 1.48. The first-order chi connectivity index (χ1) is 19.2. The van der Waals surface area contributed by atoms with Gasteiger partial charge in [-0.1, -0.05) is 79.9 Å². The highest BCUT2D eigenvalue weighted by Gasteiger charge is 2.29. The lowest BCUT2D eigenvalue weighted by Crippen LogP contribution is -2.41. The van der Waals surface area contributed by atoms with Gasteiger partial charge in [0.05, 0.1) is 14.2 Å². The molecule has 2 aliphatic rings. The molecule has 0 saturated heterocycles. The molecule has 5 heteroatoms. The molecular weight excluding hydrogens is 484 g/mol. The molecule has 1 amide bonds. The van der Waals surface area contributed by atoms with Gasteiger partial charge in [-0.15, -0.1) is 0 Å². The van der Waals surface area contributed by atoms with Crippen molar-refractivity contribution in [1.82, 2.24) is 4.90 Å². The van der Waals surface area contributed by atoms with Gasteiger partial charge in [-0.2, -0.15) is 0 Å². The molecule has 3 aromatic carbocycles. The normalized spacial score (nSPS) is 15.4. The quantitative estimate of drug-likeness (QED) is 0.302. The second kappa shape index (κ2) is 13.0. The van der Waals surface area contributed by atoms with E-state index >= 15 is 0 Å². The molecule has 0 radical (unpaired) electrons. The number of nitrogens with zero attached hydrogens (tertiary/aromatic N) is 2. The minimum Gasteiger partial charge on any atom is -0.493 e. The van der Waals surface area contributed by atoms with E-state index in [0.29, 0.717) is 36.9 Å². The predicted molar refractivity (Wildman–Crippen MR) is 157 cm³/mol. The molecule has 0 bridgehead atoms. The molecule has 0 spiro atoms. The van der Waals surface area contributed by atoms with Crippen LogP contribution in [-0.4, -0.2) is 44.0 Å². The molecule has 0 N–H and O–H groups in total. The van der Waals surface area contributed by atoms with Crippen molar-refractivity contribution in [2.75, 3.05) is 27.3 Å². The van der Waals surface area contributed by atoms with E-state index in [1.807, 2.05) is 17.0 Å². The number of amides is 1. The third-order valence-corrected chi connectivity index (χ3v) is 8.28. The van der Waals surface area contributed by atoms with Crippen LogP contribution >= 0.6 is 0 Å². The van der Waals surface area contributed by atoms with E-state index in [0.717, 1.165) is 42.6 Å². The van der Waals surface area contributed by atoms with Gasteiger partial charge in [-0.25, -0.2) is 0 Å². The largest absolute Gasteiger partial charge is 0.493 e. The number of carbonyl (C=O) groups excluding carboxylic acids is 1. The zero-order valence-corrected chi connectivity index (χ0v) is 23.3. The molecular formula is C34H40N2O3. The molecule has 5 rings (SSSR count). The lowest BCUT2D eigenvalue weighted by molar-refractivity contribution is -0.128. The van der Waals surface area contributed by atoms with Crippen molar-refractivity contribution in [3.05, 3.63) is 95.1 Å². The second-order valence-corrected chi connectivity index (χ2v) is 10.7. The van der Waals surface area contributed by atoms with Crippen LogP contribution in [0.3, 0.4) is 0 Å². The van der Waals surface area contributed by atoms with E-state index < -0.39 is 0 Å². The first-order valence-electron chi connectivity index (χ1n) is 14.4. The molecule has 1 heterocycles. The molecule has 39 heavy (non-hydrogen) atoms. The molecule has 1 fully saturated rings. The number of amidine groups is 1. The number of methoxy groups -OCH3 is 2. The van der Waals surface area contributed by atoms with Crippen LogP contribution in [0.2, 0.25) is 0 Å². The third-order valence-electron chi connectivity index (χ3n) is 8.28. The molecule has 5 nitrogen and oxygen atoms in total. The number of aliphatic imine (C=N–C) groups is 1. The van der Waals surface area contributed by atoms with Gasteiger partial charge < -0.3 is 9.47 Å². The summed E-state index contributed by atoms with van der Waals surface area (Å²) in [5.41, 5.74) is 4.66. The molecule has 1 saturated carbocycles. The van der Waals surface area contributed by atoms with Crippen molar-refractivity contribution >= 4 is 11.7 Å². The maximum absolute atomic E-state index is 14.1. The topological polar surface area (TPSA) is 51.1 Å². The Hall–Kier alpha value is -3.60. The van der Waals surface area contributed by atoms with Crippen LogP contribution in [0, 0.1) is 5.92 Å². The summed E-state index contributed by atoms with van der Waals surface area (Å²) in [4.78, 5) is 21.0. The fourth-order valence-corrected chi connectivity index (χ4v) is 6.19. The van der Waals surface area contributed by atoms with E-state index in [1.165, 1.54) is 30.4 Å². The Morgan fingerprint density at radius 1 is 0.897 bits per heavy atom. The molecule has 0 atom stereocenters. The first-order valence-corrected chi connectivity index (χ1v) is 14.4. The maximum atomic E-state index is 14.1. The second-order valence-electron chi connectivity index (χ2n) is 10.7. The molecule has 3 aromatic rings. The summed E-state index contributed by atoms with van der Waals surface area (Å²) in [6.45, 7) is 1.26. The zero-order valence-electron chi connectivity index (χ0n) is 23.3. The molecule has 204 valence electrons. The van der Waals surface area contributed by atoms with Gasteiger partial charge in [0.15, 0.2) is 11.5 Å². The fourth-order valence-electron chi connectivity index (χ4n) is 6.19. The van der Waals surface area contributed by atoms with Crippen LogP contribution in [0.4, 0.5) is 0 Å². The minimum absolute atomic E-state index is 0.183. The average Bonchev–Trinajstić information content (AvgIpc) is 3.00. The van der Waals surface area contributed by atoms with E-state index in [9.17, 15) is 4.79 Å². The average molecular weight is 525 g/mol. The standard InChI is InChI=1S/C34H40N2O3/c1-38-31-23-28-18-20-35-34(30(28)24-32(31)39-2)36(33(37)22-25-12-6-3-7-13-25)21-19-29(26-14-8-4-9-15-26)27-16-10-5-11-17-27/h4-5,8-11,14-17,23-25,29H,3,6-7,12-13,18-22H2,1-2H3. The van der Waals surface area contributed by atoms with Crippen molar-refractivity contribution in [1.29, 1.82) is 0 Å². The van der Waals surface area contributed by atoms with Crippen LogP contribution in [-0.2, 0) is 11.2 Å². The summed E-state index contributed by atoms with van der Waals surface area (Å²) >= 11 is 0. The number of carbonyl (C=O) groups is 1. The van der Waals surface area contributed by atoms with Crippen LogP contribution < -0.4 is 9.47 Å². The molecule has 1 aliphatic heterocycles. The summed E-state index contributed by atoms with van der Waals surface area (Å²) < 4.78 is 11.2. The van der Waals surface area contributed by atoms with Gasteiger partial charge in [0, 0.05) is 31.0 Å². The minimum atomic E-state index is 0.183. The number of rotatable bonds is 9. The summed E-state index contributed by atoms with van der Waals surface area (Å²) in [6.07, 6.45) is 8.24. The highest BCUT2D eigenvalue weighted by Crippen LogP contribution is 2.35. The lowest BCUT2D eigenvalue weighted by Gasteiger charge is -2.32. The number of benzene rings is 3. The van der Waals surface area contributed by atoms with Crippen molar-refractivity contribution in [2.45, 2.75) is 57.3 Å². The van der Waals surface area contributed by atoms with Gasteiger partial charge in [0.25, 0.3) is 0 Å². The van der Waals surface area contributed by atoms with Crippen LogP contribution in [0.15, 0.2) is 77.8 Å². The zero-order chi connectivity index (χ0) is 27.0. The molecule has 1 aliphatic carbocycles. The summed E-state index contributed by atoms with van der Waals surface area (Å²) in [6, 6.07) is 25.3. The summed E-state index contributed by atoms with van der Waals surface area (Å²) in [5.74, 6) is 2.98. The monoisotopic (exact) mass is 524 g/mol. The van der Waals surface area contributed by atoms with Gasteiger partial charge in [0.1, 0.15) is 5.84 Å². The van der Waals surface area contributed by atoms with Crippen molar-refractivity contribution in [3.8, 4) is 11.5 Å². The SMILES string of the molecule is COc1cc2c(cc1OC)C(N(CCC(c1ccccc1)c1ccccc1)C(=O)CC1CCCCC1)=NCC2. The smallest absolute Gasteiger partial charge is 0.228 e. The Bertz CT molecular complexity index is 1230. The van der Waals surface area contributed by atoms with Gasteiger partial charge >= 0.3 is 0 Å². The Labute approximate surface area is 232 Å². The van der Waals surface area contributed by atoms with E-state index in [2.05, 4.69) is 60.7 Å². The van der Waals surface area contributed by atoms with Crippen molar-refractivity contribution in [3.63, 3.8) is 0 Å². The van der Waals surface area contributed by atoms with Crippen molar-refractivity contribution < 1.29 is 14.3 Å². The van der Waals surface area contributed by atoms with E-state index in [4.69, 9.17) is 14.5 Å². The number of hydrogen-bond donors (Lipinski definition) is 0. The fraction of sp³-hybridized carbons (Fsp3) is 0.412. The van der Waals surface area contributed by atoms with Gasteiger partial charge in [0.2, 0.25) is 5.91 Å². The van der Waals surface area contributed by atoms with Gasteiger partial charge in [-0.3, -0.25) is 14.7 Å². The number of hydrogen-bond acceptors (Lipinski definition) is 4. The van der Waals surface area contributed by atoms with E-state index in [-0.39, 0.29) is 11.8 Å². The van der Waals surface area contributed by atoms with Crippen LogP contribution in [0.5, 0.6) is 11.5 Å². The number of fused-ring (bicyclic) bond motifs is 1. The summed E-state index contributed by atoms with van der Waals surface area (Å²) in [7, 11) is 3.32. The van der Waals surface area contributed by atoms with Crippen LogP contribution in [0.1, 0.15) is 73.1 Å². The third kappa shape index (κ3) is 6.35. The first kappa shape index (κ1) is 27.0. The summed E-state index contributed by atoms with van der Waals surface area (Å²) in [5, 5.41) is 0. The van der Waals surface area contributed by atoms with Gasteiger partial charge in [-0.05, 0) is 60.4 Å². The maximum Gasteiger partial charge on any atom is 0.228 e. The predicted octanol–water partition coefficient (Wildman–Crippen LogP) is 7.03. The lowest BCUT2D eigenvalue weighted by atomic mass is 9.86. The Morgan fingerprint density at radius 2 is 1.51 bits per heavy atom. The number of ether oxygens (including phenoxy) is 2. The van der Waals surface area contributed by atoms with E-state index in [1.54, 1.807) is 14.2 Å². The Morgan fingerprint density at radius 3 is 2.13 bits per heavy atom. The molecule has 0 aromatic heterocycles.